The van der Waals surface area contributed by atoms with Crippen molar-refractivity contribution in [3.05, 3.63) is 121 Å². The minimum atomic E-state index is 0. The zero-order valence-corrected chi connectivity index (χ0v) is 32.8. The molecule has 0 saturated heterocycles. The lowest BCUT2D eigenvalue weighted by molar-refractivity contribution is 0.407. The fourth-order valence-corrected chi connectivity index (χ4v) is 5.99. The van der Waals surface area contributed by atoms with Gasteiger partial charge in [-0.25, -0.2) is 0 Å². The molecule has 45 heavy (non-hydrogen) atoms. The normalized spacial score (nSPS) is 10.2. The SMILES string of the molecule is CC.COc1cc(C)ccc1C(C)C.Cc1cc(C)c(C(C)C)s1.Cc1ccc(C(C)C)c(C)c1.Cc1ccc(C(C)C)cc1.[2HH].[2HH].[2HH].[2HH].[2HH]. The van der Waals surface area contributed by atoms with Crippen LogP contribution in [0.2, 0.25) is 0 Å². The lowest BCUT2D eigenvalue weighted by Gasteiger charge is -2.11. The van der Waals surface area contributed by atoms with Crippen molar-refractivity contribution in [3.63, 3.8) is 0 Å². The predicted molar refractivity (Wildman–Crippen MR) is 217 cm³/mol. The number of thiophene rings is 1. The highest BCUT2D eigenvalue weighted by atomic mass is 32.1. The van der Waals surface area contributed by atoms with Crippen molar-refractivity contribution in [2.24, 2.45) is 0 Å². The molecule has 1 heterocycles. The Hall–Kier alpha value is -2.84. The van der Waals surface area contributed by atoms with E-state index in [4.69, 9.17) is 4.74 Å². The van der Waals surface area contributed by atoms with Gasteiger partial charge in [-0.2, -0.15) is 0 Å². The summed E-state index contributed by atoms with van der Waals surface area (Å²) in [6, 6.07) is 24.0. The van der Waals surface area contributed by atoms with Gasteiger partial charge in [-0.1, -0.05) is 135 Å². The Morgan fingerprint density at radius 3 is 1.33 bits per heavy atom. The van der Waals surface area contributed by atoms with Gasteiger partial charge in [0.1, 0.15) is 5.75 Å². The highest BCUT2D eigenvalue weighted by molar-refractivity contribution is 7.12. The maximum atomic E-state index is 5.29. The van der Waals surface area contributed by atoms with E-state index in [1.807, 2.05) is 25.2 Å². The standard InChI is InChI=1S/C11H16O.C11H16.C10H14.C9H14S.C2H6.5H2/c1-8(2)10-6-5-9(3)7-11(10)12-4;1-8(2)11-6-5-9(3)7-10(11)4;1-8(2)10-6-4-9(3)5-7-10;1-6(2)9-7(3)5-8(4)10-9;1-2;;;;;/h5-8H,1-4H3;5-8H,1-4H3;4-8H,1-3H3;5-6H,1-4H3;1-2H3;5*1H/i;;;;;5*1+1. The molecule has 0 N–H and O–H groups in total. The maximum absolute atomic E-state index is 5.29. The summed E-state index contributed by atoms with van der Waals surface area (Å²) >= 11 is 1.92. The van der Waals surface area contributed by atoms with Crippen LogP contribution in [0.4, 0.5) is 0 Å². The molecule has 4 aromatic rings. The fourth-order valence-electron chi connectivity index (χ4n) is 4.95. The van der Waals surface area contributed by atoms with Crippen LogP contribution in [0, 0.1) is 41.5 Å². The van der Waals surface area contributed by atoms with Crippen molar-refractivity contribution >= 4 is 11.3 Å². The molecule has 0 amide bonds. The van der Waals surface area contributed by atoms with Crippen LogP contribution in [-0.4, -0.2) is 7.11 Å². The average Bonchev–Trinajstić information content (AvgIpc) is 3.32. The monoisotopic (exact) mass is 646 g/mol. The predicted octanol–water partition coefficient (Wildman–Crippen LogP) is 15.4. The van der Waals surface area contributed by atoms with Crippen molar-refractivity contribution < 1.29 is 11.9 Å². The maximum Gasteiger partial charge on any atom is 0.122 e. The Bertz CT molecular complexity index is 1380. The first-order chi connectivity index (χ1) is 21.1. The molecular weight excluding hydrogens is 565 g/mol. The Morgan fingerprint density at radius 1 is 0.511 bits per heavy atom. The molecule has 0 spiro atoms. The van der Waals surface area contributed by atoms with Crippen LogP contribution in [0.15, 0.2) is 66.7 Å². The van der Waals surface area contributed by atoms with E-state index in [1.165, 1.54) is 54.3 Å². The number of rotatable bonds is 5. The molecule has 1 aromatic heterocycles. The van der Waals surface area contributed by atoms with Crippen LogP contribution in [0.3, 0.4) is 0 Å². The molecule has 0 atom stereocenters. The van der Waals surface area contributed by atoms with Crippen LogP contribution in [0.5, 0.6) is 5.75 Å². The van der Waals surface area contributed by atoms with E-state index in [9.17, 15) is 0 Å². The second kappa shape index (κ2) is 21.8. The fraction of sp³-hybridized carbons (Fsp3) is 0.488. The highest BCUT2D eigenvalue weighted by Gasteiger charge is 2.07. The molecule has 0 fully saturated rings. The number of ether oxygens (including phenoxy) is 1. The molecule has 0 saturated carbocycles. The van der Waals surface area contributed by atoms with Crippen LogP contribution < -0.4 is 4.74 Å². The third-order valence-electron chi connectivity index (χ3n) is 7.41. The van der Waals surface area contributed by atoms with Crippen molar-refractivity contribution in [3.8, 4) is 5.75 Å². The smallest absolute Gasteiger partial charge is 0.122 e. The van der Waals surface area contributed by atoms with Gasteiger partial charge in [-0.3, -0.25) is 0 Å². The van der Waals surface area contributed by atoms with Crippen LogP contribution >= 0.6 is 11.3 Å². The quantitative estimate of drug-likeness (QED) is 0.210. The van der Waals surface area contributed by atoms with E-state index in [-0.39, 0.29) is 7.13 Å². The molecule has 4 rings (SSSR count). The van der Waals surface area contributed by atoms with Gasteiger partial charge in [0.05, 0.1) is 7.11 Å². The second-order valence-electron chi connectivity index (χ2n) is 13.0. The minimum Gasteiger partial charge on any atom is -0.496 e. The van der Waals surface area contributed by atoms with Crippen LogP contribution in [0.1, 0.15) is 154 Å². The van der Waals surface area contributed by atoms with Gasteiger partial charge < -0.3 is 4.74 Å². The molecule has 260 valence electrons. The Morgan fingerprint density at radius 2 is 0.978 bits per heavy atom. The zero-order valence-electron chi connectivity index (χ0n) is 32.0. The summed E-state index contributed by atoms with van der Waals surface area (Å²) in [5, 5.41) is 0. The third kappa shape index (κ3) is 15.8. The number of hydrogen-bond acceptors (Lipinski definition) is 2. The van der Waals surface area contributed by atoms with Gasteiger partial charge >= 0.3 is 0 Å². The summed E-state index contributed by atoms with van der Waals surface area (Å²) in [6.07, 6.45) is 0. The molecule has 0 bridgehead atoms. The van der Waals surface area contributed by atoms with Gasteiger partial charge in [0.25, 0.3) is 0 Å². The highest BCUT2D eigenvalue weighted by Crippen LogP contribution is 2.28. The van der Waals surface area contributed by atoms with E-state index in [1.54, 1.807) is 7.11 Å². The molecule has 0 unspecified atom stereocenters. The Kier molecular flexibility index (Phi) is 20.4. The first-order valence-electron chi connectivity index (χ1n) is 16.9. The van der Waals surface area contributed by atoms with Gasteiger partial charge in [0.2, 0.25) is 0 Å². The summed E-state index contributed by atoms with van der Waals surface area (Å²) in [6.45, 7) is 34.6. The molecular formula is C43H76OS. The van der Waals surface area contributed by atoms with E-state index in [0.717, 1.165) is 5.75 Å². The zero-order chi connectivity index (χ0) is 34.9. The minimum absolute atomic E-state index is 0. The molecule has 3 aromatic carbocycles. The number of benzene rings is 3. The van der Waals surface area contributed by atoms with Gasteiger partial charge in [-0.15, -0.1) is 11.3 Å². The van der Waals surface area contributed by atoms with Crippen LogP contribution in [0.25, 0.3) is 0 Å². The third-order valence-corrected chi connectivity index (χ3v) is 8.86. The first kappa shape index (κ1) is 42.2. The van der Waals surface area contributed by atoms with Gasteiger partial charge in [0.15, 0.2) is 0 Å². The van der Waals surface area contributed by atoms with Gasteiger partial charge in [0, 0.05) is 16.9 Å². The van der Waals surface area contributed by atoms with Crippen molar-refractivity contribution in [1.29, 1.82) is 0 Å². The van der Waals surface area contributed by atoms with E-state index >= 15 is 0 Å². The van der Waals surface area contributed by atoms with Crippen molar-refractivity contribution in [2.75, 3.05) is 7.11 Å². The number of aryl methyl sites for hydroxylation is 6. The van der Waals surface area contributed by atoms with E-state index < -0.39 is 0 Å². The first-order valence-corrected chi connectivity index (χ1v) is 17.7. The summed E-state index contributed by atoms with van der Waals surface area (Å²) in [5.74, 6) is 3.53. The Labute approximate surface area is 290 Å². The van der Waals surface area contributed by atoms with Crippen LogP contribution in [-0.2, 0) is 0 Å². The average molecular weight is 646 g/mol. The molecule has 0 aliphatic carbocycles. The topological polar surface area (TPSA) is 9.23 Å². The lowest BCUT2D eigenvalue weighted by Crippen LogP contribution is -1.94. The summed E-state index contributed by atoms with van der Waals surface area (Å²) in [5.41, 5.74) is 11.0. The van der Waals surface area contributed by atoms with Crippen molar-refractivity contribution in [1.82, 2.24) is 0 Å². The lowest BCUT2D eigenvalue weighted by atomic mass is 9.97. The van der Waals surface area contributed by atoms with Crippen molar-refractivity contribution in [2.45, 2.75) is 134 Å². The molecule has 1 nitrogen and oxygen atoms in total. The summed E-state index contributed by atoms with van der Waals surface area (Å²) in [7, 11) is 1.72. The summed E-state index contributed by atoms with van der Waals surface area (Å²) < 4.78 is 5.29. The van der Waals surface area contributed by atoms with Gasteiger partial charge in [-0.05, 0) is 111 Å². The molecule has 0 aliphatic heterocycles. The number of hydrogen-bond donors (Lipinski definition) is 0. The van der Waals surface area contributed by atoms with E-state index in [0.29, 0.717) is 23.7 Å². The summed E-state index contributed by atoms with van der Waals surface area (Å²) in [4.78, 5) is 2.97. The second-order valence-corrected chi connectivity index (χ2v) is 14.3. The van der Waals surface area contributed by atoms with E-state index in [2.05, 4.69) is 164 Å². The molecule has 0 aliphatic rings. The molecule has 0 radical (unpaired) electrons. The Balaban J connectivity index is -0.000000123. The number of methoxy groups -OCH3 is 1. The molecule has 2 heteroatoms. The largest absolute Gasteiger partial charge is 0.496 e.